The van der Waals surface area contributed by atoms with Crippen molar-refractivity contribution in [3.63, 3.8) is 0 Å². The Hall–Kier alpha value is -3.87. The number of alkyl carbamates (subject to hydrolysis) is 1. The van der Waals surface area contributed by atoms with Crippen LogP contribution in [0.15, 0.2) is 35.4 Å². The Morgan fingerprint density at radius 2 is 1.84 bits per heavy atom. The number of amides is 4. The molecule has 0 spiro atoms. The van der Waals surface area contributed by atoms with Gasteiger partial charge in [0.05, 0.1) is 5.71 Å². The van der Waals surface area contributed by atoms with E-state index < -0.39 is 40.5 Å². The number of carbonyl (C=O) groups excluding carboxylic acids is 4. The molecule has 0 aromatic heterocycles. The van der Waals surface area contributed by atoms with E-state index in [1.165, 1.54) is 18.9 Å². The molecule has 1 saturated heterocycles. The first-order chi connectivity index (χ1) is 17.7. The van der Waals surface area contributed by atoms with Crippen LogP contribution in [0.2, 0.25) is 0 Å². The minimum absolute atomic E-state index is 0.0515. The summed E-state index contributed by atoms with van der Waals surface area (Å²) in [6, 6.07) is 8.57. The van der Waals surface area contributed by atoms with Crippen molar-refractivity contribution in [1.29, 1.82) is 0 Å². The summed E-state index contributed by atoms with van der Waals surface area (Å²) in [6.45, 7) is 8.63. The number of piperidine rings is 1. The lowest BCUT2D eigenvalue weighted by Gasteiger charge is -2.40. The van der Waals surface area contributed by atoms with Gasteiger partial charge in [0, 0.05) is 33.0 Å². The molecule has 2 atom stereocenters. The predicted molar refractivity (Wildman–Crippen MR) is 143 cm³/mol. The van der Waals surface area contributed by atoms with Crippen LogP contribution in [0.5, 0.6) is 0 Å². The molecule has 0 radical (unpaired) electrons. The number of nitrogens with zero attached hydrogens (tertiary/aromatic N) is 3. The highest BCUT2D eigenvalue weighted by molar-refractivity contribution is 6.13. The Labute approximate surface area is 224 Å². The number of hydrazone groups is 1. The van der Waals surface area contributed by atoms with Crippen LogP contribution in [0.3, 0.4) is 0 Å². The standard InChI is InChI=1S/C28H37N5O5/c1-8-12-20(29-23(35)27(5,6)30-25(37)38-26(2,3)4)22(34)33-16-15-21-28(18-33,24(36)32(7)31-21)17-19-13-10-9-11-14-19/h1,9-11,13-14,20H,12,15-18H2,2-7H3,(H,29,35)(H,30,37)/t20-,28-/m1/s1. The summed E-state index contributed by atoms with van der Waals surface area (Å²) in [4.78, 5) is 54.0. The molecule has 2 heterocycles. The number of hydrogen-bond acceptors (Lipinski definition) is 6. The summed E-state index contributed by atoms with van der Waals surface area (Å²) in [5, 5.41) is 11.1. The van der Waals surface area contributed by atoms with Gasteiger partial charge in [-0.3, -0.25) is 14.4 Å². The second kappa shape index (κ2) is 10.9. The van der Waals surface area contributed by atoms with Crippen LogP contribution >= 0.6 is 0 Å². The van der Waals surface area contributed by atoms with Gasteiger partial charge in [-0.25, -0.2) is 9.80 Å². The van der Waals surface area contributed by atoms with Gasteiger partial charge in [0.2, 0.25) is 11.8 Å². The lowest BCUT2D eigenvalue weighted by molar-refractivity contribution is -0.142. The molecule has 38 heavy (non-hydrogen) atoms. The second-order valence-electron chi connectivity index (χ2n) is 11.3. The van der Waals surface area contributed by atoms with Gasteiger partial charge in [0.1, 0.15) is 22.6 Å². The molecular weight excluding hydrogens is 486 g/mol. The number of nitrogens with one attached hydrogen (secondary N) is 2. The summed E-state index contributed by atoms with van der Waals surface area (Å²) < 4.78 is 5.25. The van der Waals surface area contributed by atoms with Crippen LogP contribution in [-0.2, 0) is 25.5 Å². The van der Waals surface area contributed by atoms with Crippen LogP contribution < -0.4 is 10.6 Å². The molecule has 0 bridgehead atoms. The van der Waals surface area contributed by atoms with Crippen molar-refractivity contribution in [1.82, 2.24) is 20.5 Å². The zero-order valence-electron chi connectivity index (χ0n) is 23.0. The van der Waals surface area contributed by atoms with Crippen LogP contribution in [-0.4, -0.2) is 76.8 Å². The molecule has 1 aromatic rings. The van der Waals surface area contributed by atoms with E-state index in [4.69, 9.17) is 11.2 Å². The molecule has 4 amide bonds. The molecule has 10 nitrogen and oxygen atoms in total. The number of benzene rings is 1. The Morgan fingerprint density at radius 1 is 1.18 bits per heavy atom. The fourth-order valence-corrected chi connectivity index (χ4v) is 4.71. The zero-order chi connectivity index (χ0) is 28.3. The van der Waals surface area contributed by atoms with Gasteiger partial charge >= 0.3 is 6.09 Å². The van der Waals surface area contributed by atoms with Crippen LogP contribution in [0.4, 0.5) is 4.79 Å². The van der Waals surface area contributed by atoms with Crippen molar-refractivity contribution in [2.45, 2.75) is 71.1 Å². The monoisotopic (exact) mass is 523 g/mol. The van der Waals surface area contributed by atoms with E-state index in [2.05, 4.69) is 21.7 Å². The molecule has 0 saturated carbocycles. The van der Waals surface area contributed by atoms with Crippen molar-refractivity contribution in [2.24, 2.45) is 10.5 Å². The maximum absolute atomic E-state index is 13.7. The quantitative estimate of drug-likeness (QED) is 0.531. The summed E-state index contributed by atoms with van der Waals surface area (Å²) in [6.07, 6.45) is 5.56. The third-order valence-electron chi connectivity index (χ3n) is 6.57. The minimum atomic E-state index is -1.38. The molecule has 0 unspecified atom stereocenters. The average molecular weight is 524 g/mol. The Morgan fingerprint density at radius 3 is 2.45 bits per heavy atom. The van der Waals surface area contributed by atoms with E-state index >= 15 is 0 Å². The molecule has 2 aliphatic heterocycles. The highest BCUT2D eigenvalue weighted by atomic mass is 16.6. The lowest BCUT2D eigenvalue weighted by Crippen LogP contribution is -2.62. The second-order valence-corrected chi connectivity index (χ2v) is 11.3. The molecular formula is C28H37N5O5. The molecule has 3 rings (SSSR count). The van der Waals surface area contributed by atoms with Gasteiger partial charge in [0.25, 0.3) is 5.91 Å². The fourth-order valence-electron chi connectivity index (χ4n) is 4.71. The van der Waals surface area contributed by atoms with Gasteiger partial charge in [0.15, 0.2) is 0 Å². The molecule has 2 N–H and O–H groups in total. The first kappa shape index (κ1) is 28.7. The smallest absolute Gasteiger partial charge is 0.408 e. The van der Waals surface area contributed by atoms with E-state index in [0.717, 1.165) is 11.3 Å². The largest absolute Gasteiger partial charge is 0.444 e. The molecule has 2 aliphatic rings. The molecule has 204 valence electrons. The number of fused-ring (bicyclic) bond motifs is 1. The van der Waals surface area contributed by atoms with E-state index in [-0.39, 0.29) is 18.9 Å². The Kier molecular flexibility index (Phi) is 8.20. The lowest BCUT2D eigenvalue weighted by atomic mass is 9.73. The van der Waals surface area contributed by atoms with Crippen LogP contribution in [0, 0.1) is 17.8 Å². The Bertz CT molecular complexity index is 1160. The summed E-state index contributed by atoms with van der Waals surface area (Å²) in [7, 11) is 1.62. The van der Waals surface area contributed by atoms with Gasteiger partial charge in [-0.05, 0) is 46.6 Å². The van der Waals surface area contributed by atoms with Crippen molar-refractivity contribution < 1.29 is 23.9 Å². The maximum atomic E-state index is 13.7. The number of likely N-dealkylation sites (tertiary alicyclic amines) is 1. The predicted octanol–water partition coefficient (Wildman–Crippen LogP) is 2.09. The number of ether oxygens (including phenoxy) is 1. The fraction of sp³-hybridized carbons (Fsp3) is 0.536. The van der Waals surface area contributed by atoms with Gasteiger partial charge in [-0.2, -0.15) is 5.10 Å². The number of terminal acetylenes is 1. The highest BCUT2D eigenvalue weighted by Crippen LogP contribution is 2.38. The molecule has 1 fully saturated rings. The van der Waals surface area contributed by atoms with E-state index in [1.54, 1.807) is 32.7 Å². The number of rotatable bonds is 7. The SMILES string of the molecule is C#CC[C@@H](NC(=O)C(C)(C)NC(=O)OC(C)(C)C)C(=O)N1CCC2=NN(C)C(=O)[C@]2(Cc2ccccc2)C1. The van der Waals surface area contributed by atoms with E-state index in [1.807, 2.05) is 30.3 Å². The first-order valence-corrected chi connectivity index (χ1v) is 12.6. The molecule has 1 aromatic carbocycles. The summed E-state index contributed by atoms with van der Waals surface area (Å²) in [5.41, 5.74) is -1.39. The van der Waals surface area contributed by atoms with Gasteiger partial charge in [-0.1, -0.05) is 30.3 Å². The van der Waals surface area contributed by atoms with Crippen molar-refractivity contribution >= 4 is 29.5 Å². The average Bonchev–Trinajstić information content (AvgIpc) is 3.06. The highest BCUT2D eigenvalue weighted by Gasteiger charge is 2.54. The van der Waals surface area contributed by atoms with Gasteiger partial charge < -0.3 is 20.3 Å². The van der Waals surface area contributed by atoms with Gasteiger partial charge in [-0.15, -0.1) is 12.3 Å². The molecule has 10 heteroatoms. The summed E-state index contributed by atoms with van der Waals surface area (Å²) in [5.74, 6) is 1.30. The topological polar surface area (TPSA) is 120 Å². The third-order valence-corrected chi connectivity index (χ3v) is 6.57. The van der Waals surface area contributed by atoms with Crippen LogP contribution in [0.25, 0.3) is 0 Å². The maximum Gasteiger partial charge on any atom is 0.408 e. The van der Waals surface area contributed by atoms with E-state index in [9.17, 15) is 19.2 Å². The van der Waals surface area contributed by atoms with Crippen molar-refractivity contribution in [3.05, 3.63) is 35.9 Å². The molecule has 0 aliphatic carbocycles. The minimum Gasteiger partial charge on any atom is -0.444 e. The Balaban J connectivity index is 1.78. The normalized spacial score (nSPS) is 20.1. The zero-order valence-corrected chi connectivity index (χ0v) is 23.0. The van der Waals surface area contributed by atoms with Crippen molar-refractivity contribution in [2.75, 3.05) is 20.1 Å². The number of hydrogen-bond donors (Lipinski definition) is 2. The first-order valence-electron chi connectivity index (χ1n) is 12.6. The van der Waals surface area contributed by atoms with Crippen LogP contribution in [0.1, 0.15) is 53.0 Å². The third kappa shape index (κ3) is 6.33. The van der Waals surface area contributed by atoms with Crippen molar-refractivity contribution in [3.8, 4) is 12.3 Å². The van der Waals surface area contributed by atoms with E-state index in [0.29, 0.717) is 19.4 Å². The number of carbonyl (C=O) groups is 4. The summed E-state index contributed by atoms with van der Waals surface area (Å²) >= 11 is 0.